The van der Waals surface area contributed by atoms with Crippen LogP contribution >= 0.6 is 0 Å². The fourth-order valence-corrected chi connectivity index (χ4v) is 7.76. The van der Waals surface area contributed by atoms with Gasteiger partial charge in [0.05, 0.1) is 0 Å². The van der Waals surface area contributed by atoms with Gasteiger partial charge in [-0.3, -0.25) is 14.4 Å². The molecule has 0 saturated carbocycles. The number of esters is 3. The lowest BCUT2D eigenvalue weighted by Crippen LogP contribution is -2.30. The standard InChI is InChI=1S/C60H104O6/c1-4-7-10-13-16-18-20-22-24-26-28-29-30-31-33-34-36-38-40-42-44-47-50-53-59(62)65-56-57(55-64-58(61)52-49-46-15-12-9-6-3)66-60(63)54-51-48-45-43-41-39-37-35-32-27-25-23-21-19-17-14-11-8-5-2/h8,11,17,19,23,25-26,28,32,35,39,41,57H,4-7,9-10,12-16,18,20-22,24,27,29-31,33-34,36-38,40,42-56H2,1-3H3/b11-8-,19-17-,25-23-,28-26-,35-32-,41-39-. The zero-order valence-corrected chi connectivity index (χ0v) is 43.4. The van der Waals surface area contributed by atoms with Crippen molar-refractivity contribution in [3.05, 3.63) is 72.9 Å². The Balaban J connectivity index is 4.20. The van der Waals surface area contributed by atoms with E-state index in [1.807, 2.05) is 0 Å². The summed E-state index contributed by atoms with van der Waals surface area (Å²) in [6, 6.07) is 0. The maximum Gasteiger partial charge on any atom is 0.306 e. The monoisotopic (exact) mass is 921 g/mol. The zero-order valence-electron chi connectivity index (χ0n) is 43.4. The predicted molar refractivity (Wildman–Crippen MR) is 284 cm³/mol. The van der Waals surface area contributed by atoms with Gasteiger partial charge in [-0.15, -0.1) is 0 Å². The highest BCUT2D eigenvalue weighted by atomic mass is 16.6. The van der Waals surface area contributed by atoms with E-state index in [4.69, 9.17) is 14.2 Å². The van der Waals surface area contributed by atoms with Crippen LogP contribution < -0.4 is 0 Å². The summed E-state index contributed by atoms with van der Waals surface area (Å²) in [7, 11) is 0. The molecule has 0 aromatic heterocycles. The van der Waals surface area contributed by atoms with Crippen LogP contribution in [0, 0.1) is 0 Å². The van der Waals surface area contributed by atoms with E-state index in [-0.39, 0.29) is 31.1 Å². The van der Waals surface area contributed by atoms with Crippen LogP contribution in [0.5, 0.6) is 0 Å². The third kappa shape index (κ3) is 51.8. The Kier molecular flexibility index (Phi) is 51.9. The molecule has 6 nitrogen and oxygen atoms in total. The number of rotatable bonds is 50. The van der Waals surface area contributed by atoms with Crippen molar-refractivity contribution in [2.45, 2.75) is 277 Å². The molecule has 0 aliphatic heterocycles. The van der Waals surface area contributed by atoms with Crippen molar-refractivity contribution in [3.63, 3.8) is 0 Å². The highest BCUT2D eigenvalue weighted by Gasteiger charge is 2.19. The van der Waals surface area contributed by atoms with E-state index in [0.717, 1.165) is 96.3 Å². The molecular weight excluding hydrogens is 817 g/mol. The van der Waals surface area contributed by atoms with Crippen LogP contribution in [0.1, 0.15) is 271 Å². The van der Waals surface area contributed by atoms with E-state index in [2.05, 4.69) is 93.7 Å². The molecule has 0 N–H and O–H groups in total. The van der Waals surface area contributed by atoms with Gasteiger partial charge in [-0.1, -0.05) is 235 Å². The number of hydrogen-bond donors (Lipinski definition) is 0. The van der Waals surface area contributed by atoms with Gasteiger partial charge in [-0.2, -0.15) is 0 Å². The van der Waals surface area contributed by atoms with Crippen molar-refractivity contribution in [2.24, 2.45) is 0 Å². The van der Waals surface area contributed by atoms with E-state index in [9.17, 15) is 14.4 Å². The molecule has 0 heterocycles. The molecule has 1 unspecified atom stereocenters. The molecule has 0 amide bonds. The van der Waals surface area contributed by atoms with E-state index in [0.29, 0.717) is 19.3 Å². The largest absolute Gasteiger partial charge is 0.462 e. The zero-order chi connectivity index (χ0) is 47.9. The third-order valence-corrected chi connectivity index (χ3v) is 11.9. The second-order valence-electron chi connectivity index (χ2n) is 18.5. The number of unbranched alkanes of at least 4 members (excludes halogenated alkanes) is 27. The summed E-state index contributed by atoms with van der Waals surface area (Å²) in [6.07, 6.45) is 69.3. The number of ether oxygens (including phenoxy) is 3. The lowest BCUT2D eigenvalue weighted by molar-refractivity contribution is -0.167. The summed E-state index contributed by atoms with van der Waals surface area (Å²) in [5.74, 6) is -0.927. The summed E-state index contributed by atoms with van der Waals surface area (Å²) in [6.45, 7) is 6.45. The fraction of sp³-hybridized carbons (Fsp3) is 0.750. The topological polar surface area (TPSA) is 78.9 Å². The molecule has 0 fully saturated rings. The molecule has 0 aromatic carbocycles. The Morgan fingerprint density at radius 1 is 0.318 bits per heavy atom. The average molecular weight is 921 g/mol. The van der Waals surface area contributed by atoms with Gasteiger partial charge in [0, 0.05) is 19.3 Å². The second-order valence-corrected chi connectivity index (χ2v) is 18.5. The van der Waals surface area contributed by atoms with Crippen molar-refractivity contribution in [1.82, 2.24) is 0 Å². The van der Waals surface area contributed by atoms with Crippen LogP contribution in [-0.4, -0.2) is 37.2 Å². The highest BCUT2D eigenvalue weighted by molar-refractivity contribution is 5.71. The summed E-state index contributed by atoms with van der Waals surface area (Å²) < 4.78 is 16.7. The first kappa shape index (κ1) is 62.8. The van der Waals surface area contributed by atoms with Gasteiger partial charge in [0.2, 0.25) is 0 Å². The lowest BCUT2D eigenvalue weighted by atomic mass is 10.0. The Hall–Kier alpha value is -3.15. The Morgan fingerprint density at radius 3 is 0.955 bits per heavy atom. The van der Waals surface area contributed by atoms with Crippen LogP contribution in [0.2, 0.25) is 0 Å². The number of allylic oxidation sites excluding steroid dienone is 12. The second kappa shape index (κ2) is 54.5. The van der Waals surface area contributed by atoms with Crippen molar-refractivity contribution in [2.75, 3.05) is 13.2 Å². The van der Waals surface area contributed by atoms with Crippen molar-refractivity contribution in [1.29, 1.82) is 0 Å². The summed E-state index contributed by atoms with van der Waals surface area (Å²) in [5.41, 5.74) is 0. The maximum atomic E-state index is 12.8. The van der Waals surface area contributed by atoms with Gasteiger partial charge in [0.15, 0.2) is 6.10 Å². The van der Waals surface area contributed by atoms with Crippen molar-refractivity contribution in [3.8, 4) is 0 Å². The fourth-order valence-electron chi connectivity index (χ4n) is 7.76. The Bertz CT molecular complexity index is 1240. The number of carbonyl (C=O) groups excluding carboxylic acids is 3. The van der Waals surface area contributed by atoms with Gasteiger partial charge in [-0.05, 0) is 89.9 Å². The van der Waals surface area contributed by atoms with Gasteiger partial charge in [-0.25, -0.2) is 0 Å². The average Bonchev–Trinajstić information content (AvgIpc) is 3.31. The minimum absolute atomic E-state index is 0.0883. The van der Waals surface area contributed by atoms with Crippen LogP contribution in [-0.2, 0) is 28.6 Å². The minimum atomic E-state index is -0.789. The summed E-state index contributed by atoms with van der Waals surface area (Å²) in [4.78, 5) is 37.8. The first-order chi connectivity index (χ1) is 32.5. The smallest absolute Gasteiger partial charge is 0.306 e. The SMILES string of the molecule is CC/C=C\C/C=C\C/C=C\C/C=C\C/C=C\CCCCCC(=O)OC(COC(=O)CCCCCCCC)COC(=O)CCCCCCCCCCCCC/C=C\CCCCCCCCCC. The van der Waals surface area contributed by atoms with E-state index in [1.165, 1.54) is 135 Å². The van der Waals surface area contributed by atoms with Crippen LogP contribution in [0.15, 0.2) is 72.9 Å². The highest BCUT2D eigenvalue weighted by Crippen LogP contribution is 2.15. The number of carbonyl (C=O) groups is 3. The first-order valence-corrected chi connectivity index (χ1v) is 27.9. The lowest BCUT2D eigenvalue weighted by Gasteiger charge is -2.18. The molecule has 0 aliphatic rings. The molecular formula is C60H104O6. The maximum absolute atomic E-state index is 12.8. The normalized spacial score (nSPS) is 12.6. The van der Waals surface area contributed by atoms with Crippen LogP contribution in [0.3, 0.4) is 0 Å². The predicted octanol–water partition coefficient (Wildman–Crippen LogP) is 18.6. The third-order valence-electron chi connectivity index (χ3n) is 11.9. The molecule has 66 heavy (non-hydrogen) atoms. The Morgan fingerprint density at radius 2 is 0.591 bits per heavy atom. The van der Waals surface area contributed by atoms with Crippen molar-refractivity contribution < 1.29 is 28.6 Å². The number of hydrogen-bond acceptors (Lipinski definition) is 6. The molecule has 0 rings (SSSR count). The minimum Gasteiger partial charge on any atom is -0.462 e. The van der Waals surface area contributed by atoms with E-state index in [1.54, 1.807) is 0 Å². The molecule has 6 heteroatoms. The molecule has 0 saturated heterocycles. The quantitative estimate of drug-likeness (QED) is 0.0262. The van der Waals surface area contributed by atoms with Gasteiger partial charge in [0.25, 0.3) is 0 Å². The first-order valence-electron chi connectivity index (χ1n) is 27.9. The van der Waals surface area contributed by atoms with Crippen molar-refractivity contribution >= 4 is 17.9 Å². The van der Waals surface area contributed by atoms with Gasteiger partial charge < -0.3 is 14.2 Å². The van der Waals surface area contributed by atoms with Crippen LogP contribution in [0.4, 0.5) is 0 Å². The molecule has 380 valence electrons. The van der Waals surface area contributed by atoms with E-state index < -0.39 is 6.10 Å². The van der Waals surface area contributed by atoms with Gasteiger partial charge >= 0.3 is 17.9 Å². The van der Waals surface area contributed by atoms with Crippen LogP contribution in [0.25, 0.3) is 0 Å². The Labute approximate surface area is 408 Å². The van der Waals surface area contributed by atoms with Gasteiger partial charge in [0.1, 0.15) is 13.2 Å². The summed E-state index contributed by atoms with van der Waals surface area (Å²) in [5, 5.41) is 0. The molecule has 0 aromatic rings. The summed E-state index contributed by atoms with van der Waals surface area (Å²) >= 11 is 0. The molecule has 0 aliphatic carbocycles. The molecule has 0 bridgehead atoms. The molecule has 0 radical (unpaired) electrons. The van der Waals surface area contributed by atoms with E-state index >= 15 is 0 Å². The molecule has 0 spiro atoms. The molecule has 1 atom stereocenters.